The molecule has 0 saturated carbocycles. The van der Waals surface area contributed by atoms with Crippen molar-refractivity contribution in [3.05, 3.63) is 68.1 Å². The van der Waals surface area contributed by atoms with Crippen LogP contribution in [0, 0.1) is 0 Å². The molecule has 22 heavy (non-hydrogen) atoms. The summed E-state index contributed by atoms with van der Waals surface area (Å²) >= 11 is 15.0. The second-order valence-corrected chi connectivity index (χ2v) is 6.30. The molecule has 1 atom stereocenters. The lowest BCUT2D eigenvalue weighted by molar-refractivity contribution is 0.0319. The number of carbonyl (C=O) groups excluding carboxylic acids is 2. The first-order chi connectivity index (χ1) is 10.4. The molecule has 2 aromatic carbocycles. The Morgan fingerprint density at radius 3 is 2.36 bits per heavy atom. The SMILES string of the molecule is C[C@@H](OC(=O)c1cc(Br)ccc1Cl)C(=O)c1ccc(Cl)cc1. The Morgan fingerprint density at radius 1 is 1.09 bits per heavy atom. The number of hydrogen-bond donors (Lipinski definition) is 0. The predicted molar refractivity (Wildman–Crippen MR) is 89.8 cm³/mol. The van der Waals surface area contributed by atoms with Crippen LogP contribution in [0.4, 0.5) is 0 Å². The minimum Gasteiger partial charge on any atom is -0.451 e. The van der Waals surface area contributed by atoms with E-state index in [1.807, 2.05) is 0 Å². The molecule has 0 saturated heterocycles. The van der Waals surface area contributed by atoms with Gasteiger partial charge in [-0.25, -0.2) is 4.79 Å². The van der Waals surface area contributed by atoms with E-state index < -0.39 is 12.1 Å². The van der Waals surface area contributed by atoms with Crippen LogP contribution in [0.25, 0.3) is 0 Å². The predicted octanol–water partition coefficient (Wildman–Crippen LogP) is 5.18. The average molecular weight is 402 g/mol. The summed E-state index contributed by atoms with van der Waals surface area (Å²) in [4.78, 5) is 24.3. The highest BCUT2D eigenvalue weighted by molar-refractivity contribution is 9.10. The summed E-state index contributed by atoms with van der Waals surface area (Å²) in [6.45, 7) is 1.51. The number of Topliss-reactive ketones (excluding diaryl/α,β-unsaturated/α-hetero) is 1. The molecule has 0 spiro atoms. The fourth-order valence-corrected chi connectivity index (χ4v) is 2.46. The molecule has 0 aliphatic carbocycles. The van der Waals surface area contributed by atoms with Crippen molar-refractivity contribution >= 4 is 50.9 Å². The zero-order valence-electron chi connectivity index (χ0n) is 11.5. The molecule has 0 amide bonds. The van der Waals surface area contributed by atoms with Gasteiger partial charge in [0.05, 0.1) is 10.6 Å². The minimum absolute atomic E-state index is 0.201. The second kappa shape index (κ2) is 7.27. The maximum absolute atomic E-state index is 12.2. The lowest BCUT2D eigenvalue weighted by Gasteiger charge is -2.13. The smallest absolute Gasteiger partial charge is 0.340 e. The molecule has 114 valence electrons. The Bertz CT molecular complexity index is 714. The summed E-state index contributed by atoms with van der Waals surface area (Å²) < 4.78 is 5.89. The Hall–Kier alpha value is -1.36. The van der Waals surface area contributed by atoms with Gasteiger partial charge in [-0.05, 0) is 49.4 Å². The lowest BCUT2D eigenvalue weighted by atomic mass is 10.1. The van der Waals surface area contributed by atoms with Gasteiger partial charge in [0.2, 0.25) is 5.78 Å². The molecular formula is C16H11BrCl2O3. The van der Waals surface area contributed by atoms with Crippen molar-refractivity contribution in [1.29, 1.82) is 0 Å². The van der Waals surface area contributed by atoms with Crippen molar-refractivity contribution in [1.82, 2.24) is 0 Å². The van der Waals surface area contributed by atoms with Gasteiger partial charge in [-0.3, -0.25) is 4.79 Å². The highest BCUT2D eigenvalue weighted by Gasteiger charge is 2.21. The molecule has 3 nitrogen and oxygen atoms in total. The summed E-state index contributed by atoms with van der Waals surface area (Å²) in [7, 11) is 0. The van der Waals surface area contributed by atoms with Gasteiger partial charge in [0.1, 0.15) is 0 Å². The number of ether oxygens (including phenoxy) is 1. The Balaban J connectivity index is 2.12. The molecule has 0 N–H and O–H groups in total. The summed E-state index contributed by atoms with van der Waals surface area (Å²) in [6.07, 6.45) is -0.927. The number of carbonyl (C=O) groups is 2. The van der Waals surface area contributed by atoms with E-state index in [9.17, 15) is 9.59 Å². The number of halogens is 3. The quantitative estimate of drug-likeness (QED) is 0.523. The third kappa shape index (κ3) is 4.09. The maximum atomic E-state index is 12.2. The molecule has 2 rings (SSSR count). The molecule has 0 unspecified atom stereocenters. The zero-order chi connectivity index (χ0) is 16.3. The van der Waals surface area contributed by atoms with E-state index >= 15 is 0 Å². The van der Waals surface area contributed by atoms with Crippen LogP contribution < -0.4 is 0 Å². The van der Waals surface area contributed by atoms with E-state index in [1.54, 1.807) is 42.5 Å². The van der Waals surface area contributed by atoms with Crippen LogP contribution in [0.1, 0.15) is 27.6 Å². The van der Waals surface area contributed by atoms with Crippen molar-refractivity contribution in [2.24, 2.45) is 0 Å². The highest BCUT2D eigenvalue weighted by Crippen LogP contribution is 2.22. The molecule has 0 bridgehead atoms. The minimum atomic E-state index is -0.927. The van der Waals surface area contributed by atoms with Gasteiger partial charge in [-0.2, -0.15) is 0 Å². The van der Waals surface area contributed by atoms with Crippen LogP contribution in [-0.2, 0) is 4.74 Å². The summed E-state index contributed by atoms with van der Waals surface area (Å²) in [5.74, 6) is -0.961. The van der Waals surface area contributed by atoms with E-state index in [4.69, 9.17) is 27.9 Å². The molecule has 0 heterocycles. The largest absolute Gasteiger partial charge is 0.451 e. The first-order valence-electron chi connectivity index (χ1n) is 6.34. The van der Waals surface area contributed by atoms with Crippen LogP contribution in [-0.4, -0.2) is 17.9 Å². The molecular weight excluding hydrogens is 391 g/mol. The van der Waals surface area contributed by atoms with Crippen LogP contribution in [0.2, 0.25) is 10.0 Å². The molecule has 0 radical (unpaired) electrons. The standard InChI is InChI=1S/C16H11BrCl2O3/c1-9(15(20)10-2-5-12(18)6-3-10)22-16(21)13-8-11(17)4-7-14(13)19/h2-9H,1H3/t9-/m1/s1. The lowest BCUT2D eigenvalue weighted by Crippen LogP contribution is -2.24. The van der Waals surface area contributed by atoms with Gasteiger partial charge < -0.3 is 4.74 Å². The highest BCUT2D eigenvalue weighted by atomic mass is 79.9. The Labute approximate surface area is 146 Å². The van der Waals surface area contributed by atoms with E-state index in [1.165, 1.54) is 6.92 Å². The fourth-order valence-electron chi connectivity index (χ4n) is 1.78. The van der Waals surface area contributed by atoms with Gasteiger partial charge in [0.25, 0.3) is 0 Å². The van der Waals surface area contributed by atoms with Gasteiger partial charge in [0.15, 0.2) is 6.10 Å². The van der Waals surface area contributed by atoms with Crippen LogP contribution >= 0.6 is 39.1 Å². The Morgan fingerprint density at radius 2 is 1.73 bits per heavy atom. The molecule has 2 aromatic rings. The van der Waals surface area contributed by atoms with Crippen LogP contribution in [0.15, 0.2) is 46.9 Å². The van der Waals surface area contributed by atoms with Crippen molar-refractivity contribution in [2.45, 2.75) is 13.0 Å². The monoisotopic (exact) mass is 400 g/mol. The van der Waals surface area contributed by atoms with Crippen LogP contribution in [0.5, 0.6) is 0 Å². The number of benzene rings is 2. The normalized spacial score (nSPS) is 11.8. The van der Waals surface area contributed by atoms with Crippen molar-refractivity contribution in [2.75, 3.05) is 0 Å². The van der Waals surface area contributed by atoms with Gasteiger partial charge in [-0.1, -0.05) is 39.1 Å². The number of ketones is 1. The van der Waals surface area contributed by atoms with Gasteiger partial charge in [0, 0.05) is 15.1 Å². The summed E-state index contributed by atoms with van der Waals surface area (Å²) in [6, 6.07) is 11.2. The fraction of sp³-hybridized carbons (Fsp3) is 0.125. The van der Waals surface area contributed by atoms with Crippen molar-refractivity contribution in [3.8, 4) is 0 Å². The van der Waals surface area contributed by atoms with Crippen molar-refractivity contribution in [3.63, 3.8) is 0 Å². The first-order valence-corrected chi connectivity index (χ1v) is 7.89. The zero-order valence-corrected chi connectivity index (χ0v) is 14.6. The van der Waals surface area contributed by atoms with Crippen LogP contribution in [0.3, 0.4) is 0 Å². The summed E-state index contributed by atoms with van der Waals surface area (Å²) in [5, 5.41) is 0.793. The second-order valence-electron chi connectivity index (χ2n) is 4.54. The molecule has 0 aromatic heterocycles. The van der Waals surface area contributed by atoms with Gasteiger partial charge in [-0.15, -0.1) is 0 Å². The van der Waals surface area contributed by atoms with E-state index in [0.29, 0.717) is 15.1 Å². The Kier molecular flexibility index (Phi) is 5.62. The topological polar surface area (TPSA) is 43.4 Å². The maximum Gasteiger partial charge on any atom is 0.340 e. The van der Waals surface area contributed by atoms with E-state index in [0.717, 1.165) is 0 Å². The third-order valence-corrected chi connectivity index (χ3v) is 4.00. The van der Waals surface area contributed by atoms with Crippen molar-refractivity contribution < 1.29 is 14.3 Å². The number of rotatable bonds is 4. The van der Waals surface area contributed by atoms with E-state index in [2.05, 4.69) is 15.9 Å². The number of hydrogen-bond acceptors (Lipinski definition) is 3. The summed E-state index contributed by atoms with van der Waals surface area (Å²) in [5.41, 5.74) is 0.622. The molecule has 0 fully saturated rings. The average Bonchev–Trinajstić information content (AvgIpc) is 2.49. The first kappa shape index (κ1) is 17.0. The molecule has 6 heteroatoms. The molecule has 0 aliphatic heterocycles. The number of esters is 1. The third-order valence-electron chi connectivity index (χ3n) is 2.93. The van der Waals surface area contributed by atoms with E-state index in [-0.39, 0.29) is 16.4 Å². The molecule has 0 aliphatic rings. The van der Waals surface area contributed by atoms with Gasteiger partial charge >= 0.3 is 5.97 Å².